The maximum absolute atomic E-state index is 12.0. The summed E-state index contributed by atoms with van der Waals surface area (Å²) >= 11 is 0. The lowest BCUT2D eigenvalue weighted by atomic mass is 10.2. The van der Waals surface area contributed by atoms with Crippen molar-refractivity contribution in [1.29, 1.82) is 0 Å². The molecule has 0 aliphatic heterocycles. The van der Waals surface area contributed by atoms with Gasteiger partial charge in [0.15, 0.2) is 0 Å². The van der Waals surface area contributed by atoms with Gasteiger partial charge in [-0.3, -0.25) is 4.79 Å². The van der Waals surface area contributed by atoms with Crippen LogP contribution >= 0.6 is 0 Å². The van der Waals surface area contributed by atoms with Gasteiger partial charge in [0.05, 0.1) is 12.7 Å². The molecule has 1 heterocycles. The Morgan fingerprint density at radius 3 is 2.50 bits per heavy atom. The first-order valence-corrected chi connectivity index (χ1v) is 7.55. The van der Waals surface area contributed by atoms with Crippen LogP contribution in [0.15, 0.2) is 36.7 Å². The molecule has 1 aromatic heterocycles. The van der Waals surface area contributed by atoms with Crippen LogP contribution in [0.5, 0.6) is 0 Å². The summed E-state index contributed by atoms with van der Waals surface area (Å²) in [5.74, 6) is 0.218. The van der Waals surface area contributed by atoms with Crippen molar-refractivity contribution >= 4 is 23.4 Å². The maximum Gasteiger partial charge on any atom is 0.337 e. The molecule has 24 heavy (non-hydrogen) atoms. The highest BCUT2D eigenvalue weighted by atomic mass is 16.5. The summed E-state index contributed by atoms with van der Waals surface area (Å²) in [5.41, 5.74) is 1.48. The highest BCUT2D eigenvalue weighted by Gasteiger charge is 2.09. The number of ether oxygens (including phenoxy) is 1. The molecule has 0 spiro atoms. The van der Waals surface area contributed by atoms with Crippen LogP contribution in [0, 0.1) is 5.92 Å². The van der Waals surface area contributed by atoms with Crippen molar-refractivity contribution in [1.82, 2.24) is 15.3 Å². The Morgan fingerprint density at radius 1 is 1.17 bits per heavy atom. The Morgan fingerprint density at radius 2 is 1.88 bits per heavy atom. The van der Waals surface area contributed by atoms with Crippen molar-refractivity contribution in [3.05, 3.63) is 47.9 Å². The second-order valence-electron chi connectivity index (χ2n) is 5.59. The fourth-order valence-electron chi connectivity index (χ4n) is 1.89. The zero-order valence-electron chi connectivity index (χ0n) is 13.9. The van der Waals surface area contributed by atoms with E-state index in [4.69, 9.17) is 0 Å². The molecule has 2 N–H and O–H groups in total. The van der Waals surface area contributed by atoms with E-state index in [1.54, 1.807) is 30.3 Å². The van der Waals surface area contributed by atoms with Gasteiger partial charge in [0.2, 0.25) is 0 Å². The highest BCUT2D eigenvalue weighted by molar-refractivity contribution is 5.93. The van der Waals surface area contributed by atoms with E-state index >= 15 is 0 Å². The number of esters is 1. The summed E-state index contributed by atoms with van der Waals surface area (Å²) in [6.45, 7) is 4.62. The number of methoxy groups -OCH3 is 1. The number of carbonyl (C=O) groups excluding carboxylic acids is 2. The van der Waals surface area contributed by atoms with Crippen LogP contribution in [0.25, 0.3) is 0 Å². The van der Waals surface area contributed by atoms with Gasteiger partial charge in [0, 0.05) is 18.3 Å². The zero-order valence-corrected chi connectivity index (χ0v) is 13.9. The van der Waals surface area contributed by atoms with Gasteiger partial charge in [0.1, 0.15) is 17.8 Å². The molecule has 2 rings (SSSR count). The SMILES string of the molecule is COC(=O)c1ccc(Nc2cc(C(=O)NCC(C)C)ncn2)cc1. The average molecular weight is 328 g/mol. The second-order valence-corrected chi connectivity index (χ2v) is 5.59. The summed E-state index contributed by atoms with van der Waals surface area (Å²) in [4.78, 5) is 31.5. The largest absolute Gasteiger partial charge is 0.465 e. The Bertz CT molecular complexity index is 714. The summed E-state index contributed by atoms with van der Waals surface area (Å²) in [7, 11) is 1.33. The van der Waals surface area contributed by atoms with Crippen LogP contribution in [-0.4, -0.2) is 35.5 Å². The fraction of sp³-hybridized carbons (Fsp3) is 0.294. The third-order valence-corrected chi connectivity index (χ3v) is 3.15. The first kappa shape index (κ1) is 17.4. The molecular formula is C17H20N4O3. The number of hydrogen-bond donors (Lipinski definition) is 2. The van der Waals surface area contributed by atoms with Crippen LogP contribution < -0.4 is 10.6 Å². The summed E-state index contributed by atoms with van der Waals surface area (Å²) in [6.07, 6.45) is 1.33. The molecule has 0 unspecified atom stereocenters. The van der Waals surface area contributed by atoms with E-state index < -0.39 is 5.97 Å². The minimum Gasteiger partial charge on any atom is -0.465 e. The maximum atomic E-state index is 12.0. The fourth-order valence-corrected chi connectivity index (χ4v) is 1.89. The summed E-state index contributed by atoms with van der Waals surface area (Å²) in [5, 5.41) is 5.87. The van der Waals surface area contributed by atoms with Crippen molar-refractivity contribution < 1.29 is 14.3 Å². The van der Waals surface area contributed by atoms with E-state index in [1.165, 1.54) is 13.4 Å². The molecule has 1 aromatic carbocycles. The van der Waals surface area contributed by atoms with Crippen LogP contribution in [0.4, 0.5) is 11.5 Å². The minimum absolute atomic E-state index is 0.241. The van der Waals surface area contributed by atoms with Crippen molar-refractivity contribution in [3.63, 3.8) is 0 Å². The topological polar surface area (TPSA) is 93.2 Å². The molecule has 0 atom stereocenters. The van der Waals surface area contributed by atoms with Gasteiger partial charge >= 0.3 is 5.97 Å². The number of aromatic nitrogens is 2. The van der Waals surface area contributed by atoms with E-state index in [9.17, 15) is 9.59 Å². The minimum atomic E-state index is -0.396. The number of nitrogens with zero attached hydrogens (tertiary/aromatic N) is 2. The zero-order chi connectivity index (χ0) is 17.5. The first-order chi connectivity index (χ1) is 11.5. The smallest absolute Gasteiger partial charge is 0.337 e. The van der Waals surface area contributed by atoms with Gasteiger partial charge in [0.25, 0.3) is 5.91 Å². The van der Waals surface area contributed by atoms with Crippen molar-refractivity contribution in [3.8, 4) is 0 Å². The number of rotatable bonds is 6. The van der Waals surface area contributed by atoms with E-state index in [2.05, 4.69) is 25.3 Å². The number of carbonyl (C=O) groups is 2. The molecule has 0 bridgehead atoms. The Balaban J connectivity index is 2.06. The van der Waals surface area contributed by atoms with Gasteiger partial charge in [-0.25, -0.2) is 14.8 Å². The molecule has 0 aliphatic carbocycles. The molecule has 2 aromatic rings. The normalized spacial score (nSPS) is 10.3. The van der Waals surface area contributed by atoms with Crippen LogP contribution in [0.3, 0.4) is 0 Å². The van der Waals surface area contributed by atoms with E-state index in [0.29, 0.717) is 29.5 Å². The number of benzene rings is 1. The molecule has 0 radical (unpaired) electrons. The highest BCUT2D eigenvalue weighted by Crippen LogP contribution is 2.16. The van der Waals surface area contributed by atoms with E-state index in [1.807, 2.05) is 13.8 Å². The number of anilines is 2. The lowest BCUT2D eigenvalue weighted by molar-refractivity contribution is 0.0600. The van der Waals surface area contributed by atoms with Crippen molar-refractivity contribution in [2.45, 2.75) is 13.8 Å². The number of hydrogen-bond acceptors (Lipinski definition) is 6. The van der Waals surface area contributed by atoms with Crippen LogP contribution in [0.2, 0.25) is 0 Å². The molecule has 7 heteroatoms. The van der Waals surface area contributed by atoms with Crippen LogP contribution in [-0.2, 0) is 4.74 Å². The third-order valence-electron chi connectivity index (χ3n) is 3.15. The molecule has 0 saturated heterocycles. The second kappa shape index (κ2) is 8.05. The van der Waals surface area contributed by atoms with E-state index in [0.717, 1.165) is 5.69 Å². The lowest BCUT2D eigenvalue weighted by Crippen LogP contribution is -2.28. The quantitative estimate of drug-likeness (QED) is 0.791. The summed E-state index contributed by atoms with van der Waals surface area (Å²) < 4.78 is 4.65. The first-order valence-electron chi connectivity index (χ1n) is 7.55. The van der Waals surface area contributed by atoms with E-state index in [-0.39, 0.29) is 5.91 Å². The van der Waals surface area contributed by atoms with Gasteiger partial charge in [-0.2, -0.15) is 0 Å². The van der Waals surface area contributed by atoms with Gasteiger partial charge in [-0.1, -0.05) is 13.8 Å². The Hall–Kier alpha value is -2.96. The molecule has 7 nitrogen and oxygen atoms in total. The molecule has 0 fully saturated rings. The van der Waals surface area contributed by atoms with Crippen molar-refractivity contribution in [2.24, 2.45) is 5.92 Å². The van der Waals surface area contributed by atoms with Gasteiger partial charge < -0.3 is 15.4 Å². The molecule has 0 saturated carbocycles. The van der Waals surface area contributed by atoms with Crippen LogP contribution in [0.1, 0.15) is 34.7 Å². The predicted molar refractivity (Wildman–Crippen MR) is 90.3 cm³/mol. The van der Waals surface area contributed by atoms with Crippen molar-refractivity contribution in [2.75, 3.05) is 19.0 Å². The number of amides is 1. The van der Waals surface area contributed by atoms with Gasteiger partial charge in [-0.05, 0) is 30.2 Å². The predicted octanol–water partition coefficient (Wildman–Crippen LogP) is 2.39. The van der Waals surface area contributed by atoms with Gasteiger partial charge in [-0.15, -0.1) is 0 Å². The Kier molecular flexibility index (Phi) is 5.83. The average Bonchev–Trinajstić information content (AvgIpc) is 2.59. The lowest BCUT2D eigenvalue weighted by Gasteiger charge is -2.09. The summed E-state index contributed by atoms with van der Waals surface area (Å²) in [6, 6.07) is 8.32. The third kappa shape index (κ3) is 4.77. The molecule has 0 aliphatic rings. The Labute approximate surface area is 140 Å². The number of nitrogens with one attached hydrogen (secondary N) is 2. The monoisotopic (exact) mass is 328 g/mol. The standard InChI is InChI=1S/C17H20N4O3/c1-11(2)9-18-16(22)14-8-15(20-10-19-14)21-13-6-4-12(5-7-13)17(23)24-3/h4-8,10-11H,9H2,1-3H3,(H,18,22)(H,19,20,21). The molecule has 126 valence electrons. The molecular weight excluding hydrogens is 308 g/mol. The molecule has 1 amide bonds.